The molecule has 2 aromatic heterocycles. The third kappa shape index (κ3) is 1.96. The molecule has 104 valence electrons. The SMILES string of the molecule is O=C(O)C1Cc2nc[nH]c2CN1C(=O)c1ccoc1Cl. The maximum Gasteiger partial charge on any atom is 0.326 e. The molecule has 2 N–H and O–H groups in total. The summed E-state index contributed by atoms with van der Waals surface area (Å²) in [6, 6.07) is 0.454. The molecule has 0 saturated carbocycles. The summed E-state index contributed by atoms with van der Waals surface area (Å²) in [5.74, 6) is -1.55. The predicted molar refractivity (Wildman–Crippen MR) is 67.3 cm³/mol. The minimum Gasteiger partial charge on any atom is -0.480 e. The summed E-state index contributed by atoms with van der Waals surface area (Å²) in [5.41, 5.74) is 1.55. The number of halogens is 1. The van der Waals surface area contributed by atoms with E-state index in [1.165, 1.54) is 23.6 Å². The number of nitrogens with zero attached hydrogens (tertiary/aromatic N) is 2. The van der Waals surface area contributed by atoms with Gasteiger partial charge in [-0.05, 0) is 17.7 Å². The zero-order valence-corrected chi connectivity index (χ0v) is 10.9. The van der Waals surface area contributed by atoms with Gasteiger partial charge in [0.15, 0.2) is 0 Å². The smallest absolute Gasteiger partial charge is 0.326 e. The molecule has 0 fully saturated rings. The Kier molecular flexibility index (Phi) is 2.98. The number of H-pyrrole nitrogens is 1. The Balaban J connectivity index is 1.96. The summed E-state index contributed by atoms with van der Waals surface area (Å²) in [6.45, 7) is 0.145. The summed E-state index contributed by atoms with van der Waals surface area (Å²) < 4.78 is 4.88. The van der Waals surface area contributed by atoms with E-state index < -0.39 is 17.9 Å². The zero-order valence-electron chi connectivity index (χ0n) is 10.2. The van der Waals surface area contributed by atoms with E-state index in [1.807, 2.05) is 0 Å². The van der Waals surface area contributed by atoms with Gasteiger partial charge in [0.2, 0.25) is 5.22 Å². The number of carboxylic acids is 1. The van der Waals surface area contributed by atoms with Crippen molar-refractivity contribution < 1.29 is 19.1 Å². The Morgan fingerprint density at radius 2 is 2.35 bits per heavy atom. The summed E-state index contributed by atoms with van der Waals surface area (Å²) in [5, 5.41) is 9.25. The van der Waals surface area contributed by atoms with Gasteiger partial charge >= 0.3 is 5.97 Å². The van der Waals surface area contributed by atoms with Crippen LogP contribution in [0.2, 0.25) is 5.22 Å². The Morgan fingerprint density at radius 3 is 3.00 bits per heavy atom. The van der Waals surface area contributed by atoms with Gasteiger partial charge in [0.1, 0.15) is 6.04 Å². The van der Waals surface area contributed by atoms with Crippen LogP contribution in [0, 0.1) is 0 Å². The van der Waals surface area contributed by atoms with E-state index in [9.17, 15) is 14.7 Å². The molecule has 0 saturated heterocycles. The number of rotatable bonds is 2. The molecule has 1 atom stereocenters. The number of hydrogen-bond acceptors (Lipinski definition) is 4. The lowest BCUT2D eigenvalue weighted by molar-refractivity contribution is -0.142. The fourth-order valence-corrected chi connectivity index (χ4v) is 2.47. The standard InChI is InChI=1S/C12H10ClN3O4/c13-10-6(1-2-20-10)11(17)16-4-8-7(14-5-15-8)3-9(16)12(18)19/h1-2,5,9H,3-4H2,(H,14,15)(H,18,19). The molecule has 1 aliphatic heterocycles. The molecule has 0 bridgehead atoms. The minimum atomic E-state index is -1.08. The van der Waals surface area contributed by atoms with Crippen LogP contribution in [0.25, 0.3) is 0 Å². The van der Waals surface area contributed by atoms with Crippen LogP contribution in [0.4, 0.5) is 0 Å². The largest absolute Gasteiger partial charge is 0.480 e. The number of imidazole rings is 1. The van der Waals surface area contributed by atoms with Crippen LogP contribution in [0.1, 0.15) is 21.7 Å². The van der Waals surface area contributed by atoms with Crippen molar-refractivity contribution in [1.29, 1.82) is 0 Å². The Bertz CT molecular complexity index is 678. The lowest BCUT2D eigenvalue weighted by Gasteiger charge is -2.32. The molecule has 2 aromatic rings. The van der Waals surface area contributed by atoms with Gasteiger partial charge in [-0.2, -0.15) is 0 Å². The van der Waals surface area contributed by atoms with E-state index >= 15 is 0 Å². The second kappa shape index (κ2) is 4.68. The fraction of sp³-hybridized carbons (Fsp3) is 0.250. The molecule has 20 heavy (non-hydrogen) atoms. The first-order valence-electron chi connectivity index (χ1n) is 5.86. The molecule has 1 unspecified atom stereocenters. The lowest BCUT2D eigenvalue weighted by atomic mass is 10.0. The normalized spacial score (nSPS) is 17.9. The van der Waals surface area contributed by atoms with E-state index in [0.29, 0.717) is 5.69 Å². The van der Waals surface area contributed by atoms with Crippen LogP contribution in [0.15, 0.2) is 23.1 Å². The molecule has 0 aliphatic carbocycles. The molecule has 1 amide bonds. The monoisotopic (exact) mass is 295 g/mol. The number of furan rings is 1. The van der Waals surface area contributed by atoms with Gasteiger partial charge in [-0.1, -0.05) is 0 Å². The molecule has 0 aromatic carbocycles. The van der Waals surface area contributed by atoms with E-state index in [2.05, 4.69) is 9.97 Å². The number of aromatic nitrogens is 2. The number of hydrogen-bond donors (Lipinski definition) is 2. The fourth-order valence-electron chi connectivity index (χ4n) is 2.27. The van der Waals surface area contributed by atoms with Gasteiger partial charge in [-0.25, -0.2) is 9.78 Å². The molecule has 1 aliphatic rings. The third-order valence-corrected chi connectivity index (χ3v) is 3.59. The average Bonchev–Trinajstić information content (AvgIpc) is 3.04. The molecule has 3 heterocycles. The molecule has 0 spiro atoms. The molecule has 0 radical (unpaired) electrons. The van der Waals surface area contributed by atoms with Crippen LogP contribution in [0.3, 0.4) is 0 Å². The van der Waals surface area contributed by atoms with Crippen LogP contribution < -0.4 is 0 Å². The average molecular weight is 296 g/mol. The number of carboxylic acid groups (broad SMARTS) is 1. The van der Waals surface area contributed by atoms with Crippen molar-refractivity contribution in [3.63, 3.8) is 0 Å². The Hall–Kier alpha value is -2.28. The molecule has 7 nitrogen and oxygen atoms in total. The van der Waals surface area contributed by atoms with Crippen molar-refractivity contribution in [3.05, 3.63) is 40.8 Å². The summed E-state index contributed by atoms with van der Waals surface area (Å²) >= 11 is 5.78. The van der Waals surface area contributed by atoms with Crippen molar-refractivity contribution >= 4 is 23.5 Å². The van der Waals surface area contributed by atoms with Crippen molar-refractivity contribution in [2.24, 2.45) is 0 Å². The van der Waals surface area contributed by atoms with E-state index in [1.54, 1.807) is 0 Å². The highest BCUT2D eigenvalue weighted by Gasteiger charge is 2.37. The molecule has 8 heteroatoms. The number of aliphatic carboxylic acids is 1. The first kappa shape index (κ1) is 12.7. The topological polar surface area (TPSA) is 99.4 Å². The Morgan fingerprint density at radius 1 is 1.55 bits per heavy atom. The quantitative estimate of drug-likeness (QED) is 0.870. The summed E-state index contributed by atoms with van der Waals surface area (Å²) in [7, 11) is 0. The van der Waals surface area contributed by atoms with Crippen LogP contribution in [-0.4, -0.2) is 37.9 Å². The first-order chi connectivity index (χ1) is 9.58. The number of nitrogens with one attached hydrogen (secondary N) is 1. The predicted octanol–water partition coefficient (Wildman–Crippen LogP) is 1.31. The van der Waals surface area contributed by atoms with Gasteiger partial charge in [0.25, 0.3) is 5.91 Å². The minimum absolute atomic E-state index is 0.0467. The number of carbonyl (C=O) groups excluding carboxylic acids is 1. The van der Waals surface area contributed by atoms with Gasteiger partial charge < -0.3 is 19.4 Å². The highest BCUT2D eigenvalue weighted by Crippen LogP contribution is 2.26. The molecular weight excluding hydrogens is 286 g/mol. The highest BCUT2D eigenvalue weighted by molar-refractivity contribution is 6.32. The Labute approximate surface area is 118 Å². The first-order valence-corrected chi connectivity index (χ1v) is 6.23. The van der Waals surface area contributed by atoms with Gasteiger partial charge in [-0.15, -0.1) is 0 Å². The third-order valence-electron chi connectivity index (χ3n) is 3.29. The maximum absolute atomic E-state index is 12.4. The van der Waals surface area contributed by atoms with Crippen LogP contribution in [0.5, 0.6) is 0 Å². The van der Waals surface area contributed by atoms with Crippen LogP contribution in [-0.2, 0) is 17.8 Å². The number of aromatic amines is 1. The van der Waals surface area contributed by atoms with E-state index in [4.69, 9.17) is 16.0 Å². The molecular formula is C12H10ClN3O4. The second-order valence-electron chi connectivity index (χ2n) is 4.43. The number of amides is 1. The van der Waals surface area contributed by atoms with Gasteiger partial charge in [0.05, 0.1) is 36.1 Å². The van der Waals surface area contributed by atoms with E-state index in [0.717, 1.165) is 5.69 Å². The van der Waals surface area contributed by atoms with E-state index in [-0.39, 0.29) is 23.7 Å². The van der Waals surface area contributed by atoms with Crippen molar-refractivity contribution in [2.45, 2.75) is 19.0 Å². The molecule has 3 rings (SSSR count). The van der Waals surface area contributed by atoms with Gasteiger partial charge in [0, 0.05) is 6.42 Å². The summed E-state index contributed by atoms with van der Waals surface area (Å²) in [4.78, 5) is 32.0. The second-order valence-corrected chi connectivity index (χ2v) is 4.77. The zero-order chi connectivity index (χ0) is 14.3. The highest BCUT2D eigenvalue weighted by atomic mass is 35.5. The van der Waals surface area contributed by atoms with Crippen LogP contribution >= 0.6 is 11.6 Å². The van der Waals surface area contributed by atoms with Crippen molar-refractivity contribution in [3.8, 4) is 0 Å². The lowest BCUT2D eigenvalue weighted by Crippen LogP contribution is -2.48. The number of fused-ring (bicyclic) bond motifs is 1. The number of carbonyl (C=O) groups is 2. The van der Waals surface area contributed by atoms with Gasteiger partial charge in [-0.3, -0.25) is 4.79 Å². The maximum atomic E-state index is 12.4. The summed E-state index contributed by atoms with van der Waals surface area (Å²) in [6.07, 6.45) is 2.94. The van der Waals surface area contributed by atoms with Crippen molar-refractivity contribution in [1.82, 2.24) is 14.9 Å². The van der Waals surface area contributed by atoms with Crippen molar-refractivity contribution in [2.75, 3.05) is 0 Å².